The van der Waals surface area contributed by atoms with Gasteiger partial charge in [-0.3, -0.25) is 10.1 Å². The highest BCUT2D eigenvalue weighted by Gasteiger charge is 2.23. The van der Waals surface area contributed by atoms with Crippen LogP contribution >= 0.6 is 15.9 Å². The van der Waals surface area contributed by atoms with Crippen molar-refractivity contribution in [3.8, 4) is 5.75 Å². The lowest BCUT2D eigenvalue weighted by Crippen LogP contribution is -2.22. The normalized spacial score (nSPS) is 13.0. The second-order valence-electron chi connectivity index (χ2n) is 5.59. The number of hydrogen-bond acceptors (Lipinski definition) is 5. The van der Waals surface area contributed by atoms with Gasteiger partial charge in [-0.15, -0.1) is 0 Å². The van der Waals surface area contributed by atoms with Gasteiger partial charge in [0, 0.05) is 16.1 Å². The van der Waals surface area contributed by atoms with Crippen LogP contribution in [0.4, 0.5) is 5.69 Å². The molecule has 0 amide bonds. The summed E-state index contributed by atoms with van der Waals surface area (Å²) in [6, 6.07) is 2.96. The van der Waals surface area contributed by atoms with Crippen LogP contribution in [-0.4, -0.2) is 28.8 Å². The highest BCUT2D eigenvalue weighted by molar-refractivity contribution is 9.10. The van der Waals surface area contributed by atoms with Crippen LogP contribution in [0.2, 0.25) is 0 Å². The molecule has 0 aliphatic heterocycles. The molecular weight excluding hydrogens is 342 g/mol. The zero-order valence-electron chi connectivity index (χ0n) is 12.6. The van der Waals surface area contributed by atoms with Gasteiger partial charge in [-0.25, -0.2) is 0 Å². The molecule has 0 unspecified atom stereocenters. The maximum Gasteiger partial charge on any atom is 0.312 e. The molecule has 0 aliphatic rings. The van der Waals surface area contributed by atoms with E-state index >= 15 is 0 Å². The summed E-state index contributed by atoms with van der Waals surface area (Å²) < 4.78 is 11.5. The summed E-state index contributed by atoms with van der Waals surface area (Å²) in [5.74, 6) is 0.0794. The lowest BCUT2D eigenvalue weighted by Gasteiger charge is -2.20. The lowest BCUT2D eigenvalue weighted by atomic mass is 10.1. The minimum Gasteiger partial charge on any atom is -0.484 e. The molecule has 0 bridgehead atoms. The number of nitro groups is 1. The van der Waals surface area contributed by atoms with Gasteiger partial charge < -0.3 is 14.6 Å². The number of rotatable bonds is 6. The van der Waals surface area contributed by atoms with Gasteiger partial charge in [0.2, 0.25) is 5.75 Å². The van der Waals surface area contributed by atoms with Gasteiger partial charge in [-0.2, -0.15) is 0 Å². The van der Waals surface area contributed by atoms with Crippen molar-refractivity contribution in [2.45, 2.75) is 39.4 Å². The van der Waals surface area contributed by atoms with E-state index in [1.54, 1.807) is 6.07 Å². The fourth-order valence-corrected chi connectivity index (χ4v) is 2.16. The summed E-state index contributed by atoms with van der Waals surface area (Å²) in [6.45, 7) is 7.74. The minimum absolute atomic E-state index is 0.0794. The summed E-state index contributed by atoms with van der Waals surface area (Å²) in [5.41, 5.74) is -0.120. The van der Waals surface area contributed by atoms with Gasteiger partial charge in [0.25, 0.3) is 0 Å². The molecule has 1 aromatic rings. The molecule has 0 fully saturated rings. The summed E-state index contributed by atoms with van der Waals surface area (Å²) in [4.78, 5) is 10.6. The number of nitrogens with zero attached hydrogens (tertiary/aromatic N) is 1. The number of halogens is 1. The second kappa shape index (κ2) is 7.20. The van der Waals surface area contributed by atoms with Crippen LogP contribution in [0.5, 0.6) is 5.75 Å². The van der Waals surface area contributed by atoms with E-state index in [1.807, 2.05) is 20.8 Å². The molecule has 118 valence electrons. The Bertz CT molecular complexity index is 511. The topological polar surface area (TPSA) is 81.8 Å². The molecule has 0 aliphatic carbocycles. The van der Waals surface area contributed by atoms with Crippen LogP contribution in [0.1, 0.15) is 39.4 Å². The van der Waals surface area contributed by atoms with Crippen molar-refractivity contribution >= 4 is 21.6 Å². The average Bonchev–Trinajstić information content (AvgIpc) is 2.33. The Hall–Kier alpha value is -1.18. The summed E-state index contributed by atoms with van der Waals surface area (Å²) >= 11 is 3.20. The molecule has 0 heterocycles. The molecule has 0 radical (unpaired) electrons. The molecule has 1 atom stereocenters. The smallest absolute Gasteiger partial charge is 0.312 e. The van der Waals surface area contributed by atoms with Crippen molar-refractivity contribution in [3.05, 3.63) is 32.3 Å². The van der Waals surface area contributed by atoms with Crippen molar-refractivity contribution < 1.29 is 19.5 Å². The van der Waals surface area contributed by atoms with E-state index in [1.165, 1.54) is 13.0 Å². The summed E-state index contributed by atoms with van der Waals surface area (Å²) in [7, 11) is 0. The molecule has 1 N–H and O–H groups in total. The monoisotopic (exact) mass is 361 g/mol. The third kappa shape index (κ3) is 5.61. The zero-order valence-corrected chi connectivity index (χ0v) is 14.1. The first kappa shape index (κ1) is 17.9. The largest absolute Gasteiger partial charge is 0.484 e. The van der Waals surface area contributed by atoms with Crippen LogP contribution in [0, 0.1) is 10.1 Å². The van der Waals surface area contributed by atoms with E-state index in [9.17, 15) is 15.2 Å². The molecule has 0 spiro atoms. The number of ether oxygens (including phenoxy) is 2. The number of benzene rings is 1. The van der Waals surface area contributed by atoms with Gasteiger partial charge in [-0.05, 0) is 33.8 Å². The van der Waals surface area contributed by atoms with Gasteiger partial charge >= 0.3 is 5.69 Å². The van der Waals surface area contributed by atoms with Gasteiger partial charge in [0.15, 0.2) is 0 Å². The lowest BCUT2D eigenvalue weighted by molar-refractivity contribution is -0.386. The highest BCUT2D eigenvalue weighted by Crippen LogP contribution is 2.37. The number of aliphatic hydroxyl groups excluding tert-OH is 1. The van der Waals surface area contributed by atoms with Crippen molar-refractivity contribution in [1.29, 1.82) is 0 Å². The first-order valence-electron chi connectivity index (χ1n) is 6.54. The Labute approximate surface area is 132 Å². The molecule has 0 saturated heterocycles. The van der Waals surface area contributed by atoms with Crippen molar-refractivity contribution in [2.24, 2.45) is 0 Å². The van der Waals surface area contributed by atoms with E-state index in [2.05, 4.69) is 15.9 Å². The second-order valence-corrected chi connectivity index (χ2v) is 6.50. The fourth-order valence-electron chi connectivity index (χ4n) is 1.69. The van der Waals surface area contributed by atoms with E-state index in [0.29, 0.717) is 16.6 Å². The number of aliphatic hydroxyl groups is 1. The van der Waals surface area contributed by atoms with Crippen LogP contribution in [0.25, 0.3) is 0 Å². The minimum atomic E-state index is -0.875. The van der Waals surface area contributed by atoms with Crippen LogP contribution in [0.15, 0.2) is 16.6 Å². The summed E-state index contributed by atoms with van der Waals surface area (Å²) in [5, 5.41) is 20.9. The molecule has 7 heteroatoms. The first-order chi connectivity index (χ1) is 9.61. The van der Waals surface area contributed by atoms with E-state index in [4.69, 9.17) is 9.47 Å². The molecule has 1 rings (SSSR count). The third-order valence-electron chi connectivity index (χ3n) is 2.57. The van der Waals surface area contributed by atoms with E-state index in [0.717, 1.165) is 0 Å². The Morgan fingerprint density at radius 1 is 1.38 bits per heavy atom. The van der Waals surface area contributed by atoms with Gasteiger partial charge in [0.05, 0.1) is 23.2 Å². The number of nitro benzene ring substituents is 1. The van der Waals surface area contributed by atoms with Crippen molar-refractivity contribution in [2.75, 3.05) is 13.2 Å². The summed E-state index contributed by atoms with van der Waals surface area (Å²) in [6.07, 6.45) is -0.875. The van der Waals surface area contributed by atoms with E-state index in [-0.39, 0.29) is 23.6 Å². The Balaban J connectivity index is 2.95. The molecular formula is C14H20BrNO5. The van der Waals surface area contributed by atoms with Gasteiger partial charge in [-0.1, -0.05) is 15.9 Å². The molecule has 1 aromatic carbocycles. The quantitative estimate of drug-likeness (QED) is 0.475. The maximum absolute atomic E-state index is 11.1. The van der Waals surface area contributed by atoms with Crippen LogP contribution in [0.3, 0.4) is 0 Å². The van der Waals surface area contributed by atoms with Crippen LogP contribution < -0.4 is 4.74 Å². The van der Waals surface area contributed by atoms with Crippen LogP contribution in [-0.2, 0) is 4.74 Å². The van der Waals surface area contributed by atoms with Crippen molar-refractivity contribution in [1.82, 2.24) is 0 Å². The SMILES string of the molecule is C[C@H](O)c1cc(Br)cc([N+](=O)[O-])c1OCCOC(C)(C)C. The molecule has 0 saturated carbocycles. The zero-order chi connectivity index (χ0) is 16.2. The predicted molar refractivity (Wildman–Crippen MR) is 82.6 cm³/mol. The predicted octanol–water partition coefficient (Wildman–Crippen LogP) is 3.60. The standard InChI is InChI=1S/C14H20BrNO5/c1-9(17)11-7-10(15)8-12(16(18)19)13(11)20-5-6-21-14(2,3)4/h7-9,17H,5-6H2,1-4H3/t9-/m0/s1. The first-order valence-corrected chi connectivity index (χ1v) is 7.34. The fraction of sp³-hybridized carbons (Fsp3) is 0.571. The highest BCUT2D eigenvalue weighted by atomic mass is 79.9. The molecule has 21 heavy (non-hydrogen) atoms. The third-order valence-corrected chi connectivity index (χ3v) is 3.03. The van der Waals surface area contributed by atoms with Gasteiger partial charge in [0.1, 0.15) is 6.61 Å². The Morgan fingerprint density at radius 2 is 2.00 bits per heavy atom. The Morgan fingerprint density at radius 3 is 2.48 bits per heavy atom. The molecule has 0 aromatic heterocycles. The molecule has 6 nitrogen and oxygen atoms in total. The number of hydrogen-bond donors (Lipinski definition) is 1. The average molecular weight is 362 g/mol. The van der Waals surface area contributed by atoms with E-state index < -0.39 is 11.0 Å². The van der Waals surface area contributed by atoms with Crippen molar-refractivity contribution in [3.63, 3.8) is 0 Å². The maximum atomic E-state index is 11.1. The Kier molecular flexibility index (Phi) is 6.12.